The van der Waals surface area contributed by atoms with Crippen LogP contribution < -0.4 is 5.73 Å². The van der Waals surface area contributed by atoms with Gasteiger partial charge in [0, 0.05) is 53.8 Å². The first-order chi connectivity index (χ1) is 15.9. The molecule has 33 heavy (non-hydrogen) atoms. The van der Waals surface area contributed by atoms with Crippen molar-refractivity contribution in [1.29, 1.82) is 0 Å². The minimum Gasteiger partial charge on any atom is -0.465 e. The molecule has 1 fully saturated rings. The van der Waals surface area contributed by atoms with Gasteiger partial charge in [0.05, 0.1) is 23.0 Å². The third kappa shape index (κ3) is 3.95. The van der Waals surface area contributed by atoms with E-state index in [0.717, 1.165) is 16.5 Å². The lowest BCUT2D eigenvalue weighted by Gasteiger charge is -2.30. The summed E-state index contributed by atoms with van der Waals surface area (Å²) in [7, 11) is 0. The van der Waals surface area contributed by atoms with Crippen LogP contribution in [0.2, 0.25) is 5.02 Å². The number of amides is 1. The van der Waals surface area contributed by atoms with E-state index in [1.165, 1.54) is 17.2 Å². The molecule has 1 aliphatic rings. The third-order valence-corrected chi connectivity index (χ3v) is 6.41. The van der Waals surface area contributed by atoms with Crippen molar-refractivity contribution in [2.24, 2.45) is 0 Å². The average Bonchev–Trinajstić information content (AvgIpc) is 3.32. The molecule has 0 unspecified atom stereocenters. The number of pyridine rings is 2. The molecule has 5 rings (SSSR count). The molecule has 8 nitrogen and oxygen atoms in total. The number of carbonyl (C=O) groups is 1. The highest BCUT2D eigenvalue weighted by Crippen LogP contribution is 2.33. The minimum atomic E-state index is -0.884. The molecule has 0 radical (unpaired) electrons. The van der Waals surface area contributed by atoms with Crippen molar-refractivity contribution >= 4 is 34.3 Å². The highest BCUT2D eigenvalue weighted by Gasteiger charge is 2.24. The van der Waals surface area contributed by atoms with Crippen LogP contribution in [0.15, 0.2) is 49.1 Å². The van der Waals surface area contributed by atoms with Gasteiger partial charge in [0.15, 0.2) is 0 Å². The second kappa shape index (κ2) is 8.32. The first kappa shape index (κ1) is 21.1. The van der Waals surface area contributed by atoms with Crippen molar-refractivity contribution in [3.8, 4) is 22.4 Å². The van der Waals surface area contributed by atoms with Gasteiger partial charge in [-0.1, -0.05) is 17.7 Å². The number of halogens is 2. The zero-order chi connectivity index (χ0) is 23.1. The number of aromatic nitrogens is 4. The van der Waals surface area contributed by atoms with Gasteiger partial charge >= 0.3 is 6.09 Å². The Hall–Kier alpha value is -3.72. The molecule has 0 aliphatic carbocycles. The molecule has 4 heterocycles. The Labute approximate surface area is 193 Å². The number of likely N-dealkylation sites (tertiary alicyclic amines) is 1. The van der Waals surface area contributed by atoms with E-state index < -0.39 is 11.9 Å². The third-order valence-electron chi connectivity index (χ3n) is 6.03. The van der Waals surface area contributed by atoms with E-state index >= 15 is 0 Å². The largest absolute Gasteiger partial charge is 0.465 e. The Kier molecular flexibility index (Phi) is 5.33. The number of nitrogens with zero attached hydrogens (tertiary/aromatic N) is 5. The van der Waals surface area contributed by atoms with Crippen molar-refractivity contribution in [3.63, 3.8) is 0 Å². The number of hydrogen-bond donors (Lipinski definition) is 2. The van der Waals surface area contributed by atoms with Crippen LogP contribution in [0.3, 0.4) is 0 Å². The van der Waals surface area contributed by atoms with Crippen LogP contribution in [0.1, 0.15) is 18.9 Å². The Morgan fingerprint density at radius 3 is 2.67 bits per heavy atom. The van der Waals surface area contributed by atoms with Crippen LogP contribution in [-0.2, 0) is 0 Å². The number of benzene rings is 1. The predicted molar refractivity (Wildman–Crippen MR) is 123 cm³/mol. The highest BCUT2D eigenvalue weighted by molar-refractivity contribution is 6.35. The smallest absolute Gasteiger partial charge is 0.407 e. The van der Waals surface area contributed by atoms with Crippen LogP contribution in [0, 0.1) is 5.82 Å². The molecule has 1 saturated heterocycles. The van der Waals surface area contributed by atoms with Gasteiger partial charge in [0.25, 0.3) is 0 Å². The standard InChI is InChI=1S/C23H20ClFN6O2/c24-21-18-11-27-20(8-13(18)1-2-19(21)25)17-7-14(9-28-22(17)26)15-10-29-31(12-15)16-3-5-30(6-4-16)23(32)33/h1-2,7-12,16H,3-6H2,(H2,26,28)(H,32,33). The van der Waals surface area contributed by atoms with E-state index in [0.29, 0.717) is 48.4 Å². The fourth-order valence-corrected chi connectivity index (χ4v) is 4.37. The summed E-state index contributed by atoms with van der Waals surface area (Å²) in [6.45, 7) is 0.981. The van der Waals surface area contributed by atoms with Crippen LogP contribution in [0.5, 0.6) is 0 Å². The molecule has 0 spiro atoms. The van der Waals surface area contributed by atoms with E-state index in [4.69, 9.17) is 22.4 Å². The van der Waals surface area contributed by atoms with Crippen LogP contribution >= 0.6 is 11.6 Å². The van der Waals surface area contributed by atoms with Gasteiger partial charge in [-0.15, -0.1) is 0 Å². The SMILES string of the molecule is Nc1ncc(-c2cnn(C3CCN(C(=O)O)CC3)c2)cc1-c1cc2ccc(F)c(Cl)c2cn1. The first-order valence-electron chi connectivity index (χ1n) is 10.4. The number of anilines is 1. The summed E-state index contributed by atoms with van der Waals surface area (Å²) in [5.41, 5.74) is 9.10. The van der Waals surface area contributed by atoms with Gasteiger partial charge in [-0.25, -0.2) is 14.2 Å². The fraction of sp³-hybridized carbons (Fsp3) is 0.217. The number of carboxylic acid groups (broad SMARTS) is 1. The molecular formula is C23H20ClFN6O2. The van der Waals surface area contributed by atoms with Gasteiger partial charge in [0.1, 0.15) is 11.6 Å². The molecule has 1 aliphatic heterocycles. The summed E-state index contributed by atoms with van der Waals surface area (Å²) >= 11 is 6.06. The Morgan fingerprint density at radius 2 is 1.91 bits per heavy atom. The molecule has 4 aromatic rings. The second-order valence-corrected chi connectivity index (χ2v) is 8.40. The molecule has 0 atom stereocenters. The molecule has 0 bridgehead atoms. The predicted octanol–water partition coefficient (Wildman–Crippen LogP) is 4.85. The van der Waals surface area contributed by atoms with Gasteiger partial charge in [-0.2, -0.15) is 5.10 Å². The summed E-state index contributed by atoms with van der Waals surface area (Å²) in [4.78, 5) is 21.3. The molecule has 1 amide bonds. The summed E-state index contributed by atoms with van der Waals surface area (Å²) < 4.78 is 15.6. The van der Waals surface area contributed by atoms with E-state index in [-0.39, 0.29) is 11.1 Å². The maximum absolute atomic E-state index is 13.7. The molecule has 0 saturated carbocycles. The van der Waals surface area contributed by atoms with E-state index in [1.807, 2.05) is 16.9 Å². The number of nitrogen functional groups attached to an aromatic ring is 1. The molecule has 168 valence electrons. The van der Waals surface area contributed by atoms with Gasteiger partial charge in [-0.05, 0) is 36.4 Å². The summed E-state index contributed by atoms with van der Waals surface area (Å²) in [5, 5.41) is 14.9. The number of hydrogen-bond acceptors (Lipinski definition) is 5. The van der Waals surface area contributed by atoms with Crippen molar-refractivity contribution in [1.82, 2.24) is 24.6 Å². The van der Waals surface area contributed by atoms with Gasteiger partial charge in [-0.3, -0.25) is 9.67 Å². The lowest BCUT2D eigenvalue weighted by molar-refractivity contribution is 0.124. The molecular weight excluding hydrogens is 447 g/mol. The van der Waals surface area contributed by atoms with Gasteiger partial charge < -0.3 is 15.7 Å². The summed E-state index contributed by atoms with van der Waals surface area (Å²) in [6.07, 6.45) is 7.45. The lowest BCUT2D eigenvalue weighted by atomic mass is 10.0. The van der Waals surface area contributed by atoms with Crippen LogP contribution in [-0.4, -0.2) is 48.9 Å². The molecule has 1 aromatic carbocycles. The average molecular weight is 467 g/mol. The lowest BCUT2D eigenvalue weighted by Crippen LogP contribution is -2.38. The number of fused-ring (bicyclic) bond motifs is 1. The monoisotopic (exact) mass is 466 g/mol. The quantitative estimate of drug-likeness (QED) is 0.446. The summed E-state index contributed by atoms with van der Waals surface area (Å²) in [5.74, 6) is -0.167. The minimum absolute atomic E-state index is 0.0352. The normalized spacial score (nSPS) is 14.7. The van der Waals surface area contributed by atoms with Crippen molar-refractivity contribution < 1.29 is 14.3 Å². The first-order valence-corrected chi connectivity index (χ1v) is 10.8. The molecule has 10 heteroatoms. The van der Waals surface area contributed by atoms with Gasteiger partial charge in [0.2, 0.25) is 0 Å². The number of piperidine rings is 1. The fourth-order valence-electron chi connectivity index (χ4n) is 4.15. The van der Waals surface area contributed by atoms with Crippen LogP contribution in [0.4, 0.5) is 15.0 Å². The Balaban J connectivity index is 1.44. The highest BCUT2D eigenvalue weighted by atomic mass is 35.5. The van der Waals surface area contributed by atoms with Crippen molar-refractivity contribution in [2.45, 2.75) is 18.9 Å². The molecule has 3 N–H and O–H groups in total. The van der Waals surface area contributed by atoms with Crippen molar-refractivity contribution in [2.75, 3.05) is 18.8 Å². The van der Waals surface area contributed by atoms with E-state index in [9.17, 15) is 9.18 Å². The maximum atomic E-state index is 13.7. The summed E-state index contributed by atoms with van der Waals surface area (Å²) in [6, 6.07) is 6.81. The van der Waals surface area contributed by atoms with E-state index in [2.05, 4.69) is 15.1 Å². The Bertz CT molecular complexity index is 1370. The number of nitrogens with two attached hydrogens (primary N) is 1. The second-order valence-electron chi connectivity index (χ2n) is 8.02. The van der Waals surface area contributed by atoms with Crippen LogP contribution in [0.25, 0.3) is 33.2 Å². The maximum Gasteiger partial charge on any atom is 0.407 e. The van der Waals surface area contributed by atoms with Crippen molar-refractivity contribution in [3.05, 3.63) is 59.9 Å². The number of rotatable bonds is 3. The topological polar surface area (TPSA) is 110 Å². The molecule has 3 aromatic heterocycles. The zero-order valence-electron chi connectivity index (χ0n) is 17.4. The zero-order valence-corrected chi connectivity index (χ0v) is 18.2. The van der Waals surface area contributed by atoms with E-state index in [1.54, 1.807) is 24.5 Å². The Morgan fingerprint density at radius 1 is 1.12 bits per heavy atom.